The Morgan fingerprint density at radius 1 is 1.10 bits per heavy atom. The third-order valence-electron chi connectivity index (χ3n) is 4.68. The van der Waals surface area contributed by atoms with Crippen LogP contribution in [0.15, 0.2) is 71.7 Å². The molecule has 0 aliphatic heterocycles. The van der Waals surface area contributed by atoms with Gasteiger partial charge in [0, 0.05) is 28.9 Å². The molecule has 0 bridgehead atoms. The molecular weight excluding hydrogens is 396 g/mol. The lowest BCUT2D eigenvalue weighted by atomic mass is 10.0. The second-order valence-electron chi connectivity index (χ2n) is 7.12. The summed E-state index contributed by atoms with van der Waals surface area (Å²) in [5.41, 5.74) is 4.08. The third kappa shape index (κ3) is 6.19. The Labute approximate surface area is 182 Å². The van der Waals surface area contributed by atoms with Gasteiger partial charge in [0.15, 0.2) is 0 Å². The van der Waals surface area contributed by atoms with Crippen LogP contribution in [0.5, 0.6) is 5.75 Å². The first-order valence-corrected chi connectivity index (χ1v) is 10.4. The summed E-state index contributed by atoms with van der Waals surface area (Å²) in [5, 5.41) is 13.8. The summed E-state index contributed by atoms with van der Waals surface area (Å²) >= 11 is 6.26. The van der Waals surface area contributed by atoms with Gasteiger partial charge in [-0.3, -0.25) is 9.79 Å². The fourth-order valence-electron chi connectivity index (χ4n) is 3.05. The van der Waals surface area contributed by atoms with E-state index in [0.717, 1.165) is 29.0 Å². The van der Waals surface area contributed by atoms with E-state index in [2.05, 4.69) is 17.2 Å². The van der Waals surface area contributed by atoms with Crippen molar-refractivity contribution in [2.75, 3.05) is 5.32 Å². The van der Waals surface area contributed by atoms with Crippen molar-refractivity contribution in [3.05, 3.63) is 88.4 Å². The summed E-state index contributed by atoms with van der Waals surface area (Å²) < 4.78 is 0. The van der Waals surface area contributed by atoms with Crippen LogP contribution in [0.2, 0.25) is 5.02 Å². The Morgan fingerprint density at radius 3 is 2.73 bits per heavy atom. The molecule has 5 heteroatoms. The number of anilines is 1. The minimum Gasteiger partial charge on any atom is -0.507 e. The van der Waals surface area contributed by atoms with E-state index in [4.69, 9.17) is 11.6 Å². The van der Waals surface area contributed by atoms with Crippen LogP contribution in [0.1, 0.15) is 42.9 Å². The maximum atomic E-state index is 11.9. The van der Waals surface area contributed by atoms with Crippen molar-refractivity contribution < 1.29 is 9.90 Å². The third-order valence-corrected chi connectivity index (χ3v) is 5.05. The lowest BCUT2D eigenvalue weighted by Gasteiger charge is -2.07. The molecule has 0 saturated heterocycles. The molecule has 154 valence electrons. The molecule has 0 atom stereocenters. The summed E-state index contributed by atoms with van der Waals surface area (Å²) in [6, 6.07) is 20.5. The number of nitrogens with zero attached hydrogens (tertiary/aromatic N) is 1. The monoisotopic (exact) mass is 420 g/mol. The van der Waals surface area contributed by atoms with Gasteiger partial charge in [0.2, 0.25) is 5.91 Å². The quantitative estimate of drug-likeness (QED) is 0.407. The number of halogens is 1. The number of aromatic hydroxyl groups is 1. The van der Waals surface area contributed by atoms with Crippen LogP contribution in [0, 0.1) is 0 Å². The zero-order chi connectivity index (χ0) is 21.3. The van der Waals surface area contributed by atoms with Gasteiger partial charge >= 0.3 is 0 Å². The Hall–Kier alpha value is -3.11. The van der Waals surface area contributed by atoms with Gasteiger partial charge < -0.3 is 10.4 Å². The largest absolute Gasteiger partial charge is 0.507 e. The van der Waals surface area contributed by atoms with Crippen molar-refractivity contribution in [3.8, 4) is 5.75 Å². The number of hydrogen-bond donors (Lipinski definition) is 2. The zero-order valence-electron chi connectivity index (χ0n) is 16.9. The van der Waals surface area contributed by atoms with Gasteiger partial charge in [-0.1, -0.05) is 55.3 Å². The molecule has 1 amide bonds. The highest BCUT2D eigenvalue weighted by molar-refractivity contribution is 6.31. The maximum Gasteiger partial charge on any atom is 0.224 e. The lowest BCUT2D eigenvalue weighted by Crippen LogP contribution is -2.10. The van der Waals surface area contributed by atoms with E-state index >= 15 is 0 Å². The molecule has 3 aromatic carbocycles. The molecular formula is C25H25ClN2O2. The first-order valence-electron chi connectivity index (χ1n) is 10.0. The average molecular weight is 421 g/mol. The van der Waals surface area contributed by atoms with Gasteiger partial charge in [0.05, 0.1) is 5.69 Å². The number of amides is 1. The van der Waals surface area contributed by atoms with Crippen molar-refractivity contribution in [1.29, 1.82) is 0 Å². The molecule has 0 fully saturated rings. The second kappa shape index (κ2) is 10.6. The van der Waals surface area contributed by atoms with Gasteiger partial charge in [-0.25, -0.2) is 0 Å². The van der Waals surface area contributed by atoms with Crippen molar-refractivity contribution in [1.82, 2.24) is 0 Å². The van der Waals surface area contributed by atoms with Gasteiger partial charge in [0.1, 0.15) is 5.75 Å². The first kappa shape index (κ1) is 21.6. The number of carbonyl (C=O) groups is 1. The normalized spacial score (nSPS) is 11.0. The molecule has 0 heterocycles. The highest BCUT2D eigenvalue weighted by Gasteiger charge is 2.05. The fraction of sp³-hybridized carbons (Fsp3) is 0.200. The van der Waals surface area contributed by atoms with Gasteiger partial charge in [-0.2, -0.15) is 0 Å². The summed E-state index contributed by atoms with van der Waals surface area (Å²) in [6.45, 7) is 2.06. The summed E-state index contributed by atoms with van der Waals surface area (Å²) in [5.74, 6) is 0.161. The Balaban J connectivity index is 1.73. The molecule has 3 rings (SSSR count). The number of unbranched alkanes of at least 4 members (excludes halogenated alkanes) is 1. The van der Waals surface area contributed by atoms with Crippen LogP contribution in [-0.2, 0) is 11.2 Å². The number of phenolic OH excluding ortho intramolecular Hbond substituents is 1. The molecule has 0 unspecified atom stereocenters. The first-order chi connectivity index (χ1) is 14.5. The summed E-state index contributed by atoms with van der Waals surface area (Å²) in [4.78, 5) is 16.4. The van der Waals surface area contributed by atoms with Crippen molar-refractivity contribution in [2.45, 2.75) is 32.6 Å². The number of carbonyl (C=O) groups excluding carboxylic acids is 1. The molecule has 0 aromatic heterocycles. The van der Waals surface area contributed by atoms with Crippen LogP contribution in [0.25, 0.3) is 0 Å². The maximum absolute atomic E-state index is 11.9. The van der Waals surface area contributed by atoms with E-state index in [1.807, 2.05) is 60.7 Å². The van der Waals surface area contributed by atoms with Gasteiger partial charge in [-0.15, -0.1) is 0 Å². The standard InChI is InChI=1S/C25H25ClN2O2/c1-2-3-11-25(30)28-22-9-6-8-21(16-22)27-17-20-15-18(12-13-24(20)29)14-19-7-4-5-10-23(19)26/h4-10,12-13,15-17,29H,2-3,11,14H2,1H3,(H,28,30). The Kier molecular flexibility index (Phi) is 7.63. The van der Waals surface area contributed by atoms with E-state index in [1.165, 1.54) is 0 Å². The molecule has 0 spiro atoms. The summed E-state index contributed by atoms with van der Waals surface area (Å²) in [7, 11) is 0. The number of hydrogen-bond acceptors (Lipinski definition) is 3. The molecule has 0 radical (unpaired) electrons. The number of aliphatic imine (C=N–C) groups is 1. The van der Waals surface area contributed by atoms with E-state index in [1.54, 1.807) is 12.3 Å². The molecule has 2 N–H and O–H groups in total. The molecule has 0 saturated carbocycles. The lowest BCUT2D eigenvalue weighted by molar-refractivity contribution is -0.116. The van der Waals surface area contributed by atoms with Crippen molar-refractivity contribution >= 4 is 35.1 Å². The molecule has 0 aliphatic rings. The predicted octanol–water partition coefficient (Wildman–Crippen LogP) is 6.52. The molecule has 4 nitrogen and oxygen atoms in total. The highest BCUT2D eigenvalue weighted by atomic mass is 35.5. The SMILES string of the molecule is CCCCC(=O)Nc1cccc(N=Cc2cc(Cc3ccccc3Cl)ccc2O)c1. The van der Waals surface area contributed by atoms with E-state index in [0.29, 0.717) is 29.8 Å². The van der Waals surface area contributed by atoms with Crippen LogP contribution >= 0.6 is 11.6 Å². The Bertz CT molecular complexity index is 1050. The minimum atomic E-state index is 0.00268. The van der Waals surface area contributed by atoms with Crippen LogP contribution < -0.4 is 5.32 Å². The highest BCUT2D eigenvalue weighted by Crippen LogP contribution is 2.24. The van der Waals surface area contributed by atoms with E-state index in [-0.39, 0.29) is 11.7 Å². The molecule has 30 heavy (non-hydrogen) atoms. The Morgan fingerprint density at radius 2 is 1.93 bits per heavy atom. The zero-order valence-corrected chi connectivity index (χ0v) is 17.7. The van der Waals surface area contributed by atoms with E-state index in [9.17, 15) is 9.90 Å². The second-order valence-corrected chi connectivity index (χ2v) is 7.53. The van der Waals surface area contributed by atoms with E-state index < -0.39 is 0 Å². The molecule has 3 aromatic rings. The van der Waals surface area contributed by atoms with Gasteiger partial charge in [-0.05, 0) is 60.4 Å². The van der Waals surface area contributed by atoms with Crippen LogP contribution in [0.3, 0.4) is 0 Å². The number of phenols is 1. The molecule has 0 aliphatic carbocycles. The predicted molar refractivity (Wildman–Crippen MR) is 124 cm³/mol. The van der Waals surface area contributed by atoms with Gasteiger partial charge in [0.25, 0.3) is 0 Å². The number of rotatable bonds is 8. The average Bonchev–Trinajstić information content (AvgIpc) is 2.74. The number of nitrogens with one attached hydrogen (secondary N) is 1. The van der Waals surface area contributed by atoms with Crippen molar-refractivity contribution in [2.24, 2.45) is 4.99 Å². The van der Waals surface area contributed by atoms with Crippen LogP contribution in [0.4, 0.5) is 11.4 Å². The smallest absolute Gasteiger partial charge is 0.224 e. The van der Waals surface area contributed by atoms with Crippen molar-refractivity contribution in [3.63, 3.8) is 0 Å². The summed E-state index contributed by atoms with van der Waals surface area (Å²) in [6.07, 6.45) is 4.66. The fourth-order valence-corrected chi connectivity index (χ4v) is 3.25. The van der Waals surface area contributed by atoms with Crippen LogP contribution in [-0.4, -0.2) is 17.2 Å². The topological polar surface area (TPSA) is 61.7 Å². The number of benzene rings is 3. The minimum absolute atomic E-state index is 0.00268.